The molecule has 1 heterocycles. The maximum atomic E-state index is 13.0. The van der Waals surface area contributed by atoms with E-state index in [1.165, 1.54) is 6.07 Å². The van der Waals surface area contributed by atoms with Crippen molar-refractivity contribution in [2.24, 2.45) is 0 Å². The van der Waals surface area contributed by atoms with Gasteiger partial charge in [0.1, 0.15) is 17.7 Å². The molecule has 0 unspecified atom stereocenters. The van der Waals surface area contributed by atoms with E-state index in [9.17, 15) is 4.39 Å². The average Bonchev–Trinajstić information content (AvgIpc) is 2.48. The van der Waals surface area contributed by atoms with Gasteiger partial charge in [-0.15, -0.1) is 0 Å². The van der Waals surface area contributed by atoms with Crippen LogP contribution in [0.25, 0.3) is 0 Å². The molecule has 0 aromatic heterocycles. The summed E-state index contributed by atoms with van der Waals surface area (Å²) in [5.74, 6) is 0.594. The van der Waals surface area contributed by atoms with E-state index < -0.39 is 0 Å². The predicted molar refractivity (Wildman–Crippen MR) is 60.6 cm³/mol. The normalized spacial score (nSPS) is 19.2. The Morgan fingerprint density at radius 3 is 3.00 bits per heavy atom. The molecule has 1 aromatic rings. The van der Waals surface area contributed by atoms with Crippen molar-refractivity contribution in [2.75, 3.05) is 5.33 Å². The number of ether oxygens (including phenoxy) is 1. The maximum absolute atomic E-state index is 13.0. The zero-order valence-corrected chi connectivity index (χ0v) is 10.6. The van der Waals surface area contributed by atoms with Crippen molar-refractivity contribution < 1.29 is 9.13 Å². The van der Waals surface area contributed by atoms with Crippen molar-refractivity contribution in [1.82, 2.24) is 0 Å². The fourth-order valence-electron chi connectivity index (χ4n) is 1.63. The third-order valence-electron chi connectivity index (χ3n) is 2.25. The minimum atomic E-state index is -0.210. The van der Waals surface area contributed by atoms with Crippen LogP contribution in [-0.4, -0.2) is 11.4 Å². The van der Waals surface area contributed by atoms with Crippen LogP contribution < -0.4 is 4.74 Å². The number of benzene rings is 1. The van der Waals surface area contributed by atoms with Gasteiger partial charge in [-0.3, -0.25) is 0 Å². The van der Waals surface area contributed by atoms with E-state index in [0.29, 0.717) is 4.47 Å². The van der Waals surface area contributed by atoms with E-state index in [1.807, 2.05) is 0 Å². The van der Waals surface area contributed by atoms with Gasteiger partial charge in [0.25, 0.3) is 0 Å². The molecule has 0 amide bonds. The fraction of sp³-hybridized carbons (Fsp3) is 0.400. The first-order valence-electron chi connectivity index (χ1n) is 4.41. The monoisotopic (exact) mass is 322 g/mol. The van der Waals surface area contributed by atoms with Crippen molar-refractivity contribution in [3.63, 3.8) is 0 Å². The Balaban J connectivity index is 2.26. The zero-order chi connectivity index (χ0) is 10.1. The van der Waals surface area contributed by atoms with Gasteiger partial charge >= 0.3 is 0 Å². The first kappa shape index (κ1) is 10.4. The molecule has 0 bridgehead atoms. The SMILES string of the molecule is Fc1cc(Br)c2c(c1)C[C@H](CCBr)O2. The first-order chi connectivity index (χ1) is 6.70. The van der Waals surface area contributed by atoms with E-state index in [-0.39, 0.29) is 11.9 Å². The van der Waals surface area contributed by atoms with E-state index in [4.69, 9.17) is 4.74 Å². The number of rotatable bonds is 2. The van der Waals surface area contributed by atoms with Crippen LogP contribution in [0.1, 0.15) is 12.0 Å². The molecule has 0 saturated carbocycles. The number of hydrogen-bond acceptors (Lipinski definition) is 1. The lowest BCUT2D eigenvalue weighted by Gasteiger charge is -2.08. The summed E-state index contributed by atoms with van der Waals surface area (Å²) in [5, 5.41) is 0.908. The van der Waals surface area contributed by atoms with Gasteiger partial charge in [0.05, 0.1) is 4.47 Å². The van der Waals surface area contributed by atoms with E-state index in [0.717, 1.165) is 29.5 Å². The molecule has 0 radical (unpaired) electrons. The summed E-state index contributed by atoms with van der Waals surface area (Å²) in [6.07, 6.45) is 1.93. The standard InChI is InChI=1S/C10H9Br2FO/c11-2-1-8-4-6-3-7(13)5-9(12)10(6)14-8/h3,5,8H,1-2,4H2/t8-/m0/s1. The van der Waals surface area contributed by atoms with E-state index in [2.05, 4.69) is 31.9 Å². The number of alkyl halides is 1. The van der Waals surface area contributed by atoms with Crippen molar-refractivity contribution in [3.8, 4) is 5.75 Å². The van der Waals surface area contributed by atoms with Gasteiger partial charge in [-0.05, 0) is 34.5 Å². The van der Waals surface area contributed by atoms with Gasteiger partial charge in [-0.1, -0.05) is 15.9 Å². The average molecular weight is 324 g/mol. The summed E-state index contributed by atoms with van der Waals surface area (Å²) in [7, 11) is 0. The molecule has 0 saturated heterocycles. The highest BCUT2D eigenvalue weighted by Crippen LogP contribution is 2.37. The summed E-state index contributed by atoms with van der Waals surface area (Å²) in [4.78, 5) is 0. The second kappa shape index (κ2) is 4.19. The second-order valence-corrected chi connectivity index (χ2v) is 4.94. The Labute approximate surface area is 98.9 Å². The predicted octanol–water partition coefficient (Wildman–Crippen LogP) is 3.68. The van der Waals surface area contributed by atoms with Crippen molar-refractivity contribution in [3.05, 3.63) is 28.0 Å². The van der Waals surface area contributed by atoms with Crippen LogP contribution in [0.2, 0.25) is 0 Å². The van der Waals surface area contributed by atoms with E-state index in [1.54, 1.807) is 6.07 Å². The van der Waals surface area contributed by atoms with Gasteiger partial charge < -0.3 is 4.74 Å². The molecule has 2 rings (SSSR count). The molecule has 1 aromatic carbocycles. The molecular formula is C10H9Br2FO. The van der Waals surface area contributed by atoms with Gasteiger partial charge in [-0.25, -0.2) is 4.39 Å². The molecule has 1 aliphatic heterocycles. The molecule has 76 valence electrons. The van der Waals surface area contributed by atoms with Crippen LogP contribution in [-0.2, 0) is 6.42 Å². The lowest BCUT2D eigenvalue weighted by Crippen LogP contribution is -2.12. The molecule has 1 nitrogen and oxygen atoms in total. The van der Waals surface area contributed by atoms with Crippen LogP contribution in [0.3, 0.4) is 0 Å². The molecule has 0 spiro atoms. The Morgan fingerprint density at radius 2 is 2.29 bits per heavy atom. The minimum Gasteiger partial charge on any atom is -0.489 e. The molecule has 4 heteroatoms. The third kappa shape index (κ3) is 1.96. The third-order valence-corrected chi connectivity index (χ3v) is 3.30. The fourth-order valence-corrected chi connectivity index (χ4v) is 2.71. The molecule has 0 aliphatic carbocycles. The summed E-state index contributed by atoms with van der Waals surface area (Å²) in [5.41, 5.74) is 0.961. The second-order valence-electron chi connectivity index (χ2n) is 3.30. The summed E-state index contributed by atoms with van der Waals surface area (Å²) >= 11 is 6.67. The quantitative estimate of drug-likeness (QED) is 0.754. The van der Waals surface area contributed by atoms with Crippen LogP contribution in [0.5, 0.6) is 5.75 Å². The van der Waals surface area contributed by atoms with Gasteiger partial charge in [0.2, 0.25) is 0 Å². The lowest BCUT2D eigenvalue weighted by molar-refractivity contribution is 0.229. The van der Waals surface area contributed by atoms with Gasteiger partial charge in [0, 0.05) is 17.3 Å². The van der Waals surface area contributed by atoms with Crippen LogP contribution in [0.4, 0.5) is 4.39 Å². The molecule has 0 N–H and O–H groups in total. The Kier molecular flexibility index (Phi) is 3.12. The molecular weight excluding hydrogens is 315 g/mol. The van der Waals surface area contributed by atoms with Crippen LogP contribution >= 0.6 is 31.9 Å². The number of fused-ring (bicyclic) bond motifs is 1. The largest absolute Gasteiger partial charge is 0.489 e. The topological polar surface area (TPSA) is 9.23 Å². The Hall–Kier alpha value is -0.0900. The first-order valence-corrected chi connectivity index (χ1v) is 6.32. The van der Waals surface area contributed by atoms with Crippen LogP contribution in [0.15, 0.2) is 16.6 Å². The minimum absolute atomic E-state index is 0.183. The Bertz CT molecular complexity index is 354. The summed E-state index contributed by atoms with van der Waals surface area (Å²) < 4.78 is 19.4. The smallest absolute Gasteiger partial charge is 0.137 e. The molecule has 0 fully saturated rings. The highest BCUT2D eigenvalue weighted by molar-refractivity contribution is 9.10. The van der Waals surface area contributed by atoms with Crippen molar-refractivity contribution >= 4 is 31.9 Å². The van der Waals surface area contributed by atoms with Gasteiger partial charge in [0.15, 0.2) is 0 Å². The molecule has 14 heavy (non-hydrogen) atoms. The zero-order valence-electron chi connectivity index (χ0n) is 7.40. The van der Waals surface area contributed by atoms with Crippen molar-refractivity contribution in [1.29, 1.82) is 0 Å². The van der Waals surface area contributed by atoms with Gasteiger partial charge in [-0.2, -0.15) is 0 Å². The number of hydrogen-bond donors (Lipinski definition) is 0. The van der Waals surface area contributed by atoms with E-state index >= 15 is 0 Å². The van der Waals surface area contributed by atoms with Crippen LogP contribution in [0, 0.1) is 5.82 Å². The highest BCUT2D eigenvalue weighted by Gasteiger charge is 2.24. The van der Waals surface area contributed by atoms with Crippen molar-refractivity contribution in [2.45, 2.75) is 18.9 Å². The summed E-state index contributed by atoms with van der Waals surface area (Å²) in [6, 6.07) is 2.99. The maximum Gasteiger partial charge on any atom is 0.137 e. The highest BCUT2D eigenvalue weighted by atomic mass is 79.9. The molecule has 1 atom stereocenters. The number of halogens is 3. The Morgan fingerprint density at radius 1 is 1.50 bits per heavy atom. The summed E-state index contributed by atoms with van der Waals surface area (Å²) in [6.45, 7) is 0. The lowest BCUT2D eigenvalue weighted by atomic mass is 10.1. The molecule has 1 aliphatic rings.